The number of carbonyl (C=O) groups is 1. The van der Waals surface area contributed by atoms with Crippen LogP contribution in [0.2, 0.25) is 0 Å². The van der Waals surface area contributed by atoms with Gasteiger partial charge in [0.25, 0.3) is 11.6 Å². The molecule has 5 nitrogen and oxygen atoms in total. The second-order valence-electron chi connectivity index (χ2n) is 3.96. The van der Waals surface area contributed by atoms with E-state index in [0.717, 1.165) is 6.42 Å². The molecule has 1 N–H and O–H groups in total. The summed E-state index contributed by atoms with van der Waals surface area (Å²) in [6.45, 7) is 5.27. The first-order valence-electron chi connectivity index (χ1n) is 5.69. The molecular formula is C13H16N2O3. The van der Waals surface area contributed by atoms with Gasteiger partial charge in [0.05, 0.1) is 16.2 Å². The molecule has 0 aliphatic rings. The molecule has 0 saturated heterocycles. The zero-order chi connectivity index (χ0) is 13.7. The van der Waals surface area contributed by atoms with E-state index in [-0.39, 0.29) is 11.6 Å². The van der Waals surface area contributed by atoms with Crippen molar-refractivity contribution in [2.75, 3.05) is 5.32 Å². The number of nitro benzene ring substituents is 1. The highest BCUT2D eigenvalue weighted by Crippen LogP contribution is 2.25. The third-order valence-electron chi connectivity index (χ3n) is 2.62. The summed E-state index contributed by atoms with van der Waals surface area (Å²) < 4.78 is 0. The topological polar surface area (TPSA) is 72.2 Å². The molecule has 5 heteroatoms. The molecule has 0 aromatic heterocycles. The molecule has 1 aromatic carbocycles. The summed E-state index contributed by atoms with van der Waals surface area (Å²) in [7, 11) is 0. The molecule has 96 valence electrons. The van der Waals surface area contributed by atoms with Crippen LogP contribution in [-0.2, 0) is 4.79 Å². The predicted molar refractivity (Wildman–Crippen MR) is 70.5 cm³/mol. The van der Waals surface area contributed by atoms with Gasteiger partial charge in [-0.2, -0.15) is 0 Å². The predicted octanol–water partition coefficient (Wildman–Crippen LogP) is 3.20. The molecule has 0 bridgehead atoms. The highest BCUT2D eigenvalue weighted by atomic mass is 16.6. The fourth-order valence-electron chi connectivity index (χ4n) is 1.58. The number of allylic oxidation sites excluding steroid dienone is 1. The molecule has 0 aliphatic heterocycles. The normalized spacial score (nSPS) is 11.2. The largest absolute Gasteiger partial charge is 0.322 e. The van der Waals surface area contributed by atoms with Crippen LogP contribution in [0, 0.1) is 17.0 Å². The number of nitrogens with one attached hydrogen (secondary N) is 1. The van der Waals surface area contributed by atoms with E-state index in [1.807, 2.05) is 13.0 Å². The van der Waals surface area contributed by atoms with Crippen LogP contribution in [0.5, 0.6) is 0 Å². The van der Waals surface area contributed by atoms with Gasteiger partial charge in [-0.3, -0.25) is 14.9 Å². The quantitative estimate of drug-likeness (QED) is 0.505. The lowest BCUT2D eigenvalue weighted by atomic mass is 10.1. The van der Waals surface area contributed by atoms with Crippen molar-refractivity contribution in [1.29, 1.82) is 0 Å². The maximum Gasteiger partial charge on any atom is 0.274 e. The van der Waals surface area contributed by atoms with Crippen LogP contribution in [0.25, 0.3) is 0 Å². The minimum Gasteiger partial charge on any atom is -0.322 e. The SMILES string of the molecule is CCC=C(C)C(=O)Nc1cccc([N+](=O)[O-])c1C. The standard InChI is InChI=1S/C13H16N2O3/c1-4-6-9(2)13(16)14-11-7-5-8-12(10(11)3)15(17)18/h5-8H,4H2,1-3H3,(H,14,16). The lowest BCUT2D eigenvalue weighted by molar-refractivity contribution is -0.385. The van der Waals surface area contributed by atoms with Crippen molar-refractivity contribution in [3.05, 3.63) is 45.5 Å². The molecule has 0 spiro atoms. The molecule has 1 amide bonds. The zero-order valence-corrected chi connectivity index (χ0v) is 10.7. The lowest BCUT2D eigenvalue weighted by Gasteiger charge is -2.08. The van der Waals surface area contributed by atoms with Gasteiger partial charge in [-0.1, -0.05) is 19.1 Å². The number of amides is 1. The second kappa shape index (κ2) is 5.95. The van der Waals surface area contributed by atoms with Gasteiger partial charge < -0.3 is 5.32 Å². The fraction of sp³-hybridized carbons (Fsp3) is 0.308. The van der Waals surface area contributed by atoms with Crippen molar-refractivity contribution >= 4 is 17.3 Å². The summed E-state index contributed by atoms with van der Waals surface area (Å²) in [5.74, 6) is -0.236. The van der Waals surface area contributed by atoms with Gasteiger partial charge in [0.2, 0.25) is 0 Å². The number of carbonyl (C=O) groups excluding carboxylic acids is 1. The first kappa shape index (κ1) is 13.9. The Morgan fingerprint density at radius 1 is 1.50 bits per heavy atom. The molecule has 0 radical (unpaired) electrons. The molecule has 0 heterocycles. The maximum absolute atomic E-state index is 11.8. The van der Waals surface area contributed by atoms with Gasteiger partial charge in [0.15, 0.2) is 0 Å². The number of nitrogens with zero attached hydrogens (tertiary/aromatic N) is 1. The number of rotatable bonds is 4. The monoisotopic (exact) mass is 248 g/mol. The van der Waals surface area contributed by atoms with Crippen LogP contribution in [-0.4, -0.2) is 10.8 Å². The Labute approximate surface area is 106 Å². The number of nitro groups is 1. The van der Waals surface area contributed by atoms with Crippen molar-refractivity contribution in [2.45, 2.75) is 27.2 Å². The van der Waals surface area contributed by atoms with Crippen LogP contribution >= 0.6 is 0 Å². The van der Waals surface area contributed by atoms with Crippen molar-refractivity contribution in [2.24, 2.45) is 0 Å². The number of hydrogen-bond acceptors (Lipinski definition) is 3. The number of anilines is 1. The van der Waals surface area contributed by atoms with E-state index in [1.54, 1.807) is 26.0 Å². The Hall–Kier alpha value is -2.17. The molecule has 0 atom stereocenters. The summed E-state index contributed by atoms with van der Waals surface area (Å²) in [4.78, 5) is 22.1. The van der Waals surface area contributed by atoms with Crippen LogP contribution < -0.4 is 5.32 Å². The number of benzene rings is 1. The number of hydrogen-bond donors (Lipinski definition) is 1. The molecule has 1 aromatic rings. The van der Waals surface area contributed by atoms with E-state index < -0.39 is 4.92 Å². The summed E-state index contributed by atoms with van der Waals surface area (Å²) in [5.41, 5.74) is 1.53. The molecule has 1 rings (SSSR count). The summed E-state index contributed by atoms with van der Waals surface area (Å²) >= 11 is 0. The molecule has 0 aliphatic carbocycles. The molecular weight excluding hydrogens is 232 g/mol. The highest BCUT2D eigenvalue weighted by Gasteiger charge is 2.14. The van der Waals surface area contributed by atoms with E-state index in [9.17, 15) is 14.9 Å². The molecule has 0 saturated carbocycles. The third kappa shape index (κ3) is 3.16. The van der Waals surface area contributed by atoms with Crippen LogP contribution in [0.3, 0.4) is 0 Å². The van der Waals surface area contributed by atoms with Crippen LogP contribution in [0.15, 0.2) is 29.8 Å². The summed E-state index contributed by atoms with van der Waals surface area (Å²) in [6, 6.07) is 4.62. The average molecular weight is 248 g/mol. The summed E-state index contributed by atoms with van der Waals surface area (Å²) in [6.07, 6.45) is 2.58. The smallest absolute Gasteiger partial charge is 0.274 e. The Morgan fingerprint density at radius 3 is 2.72 bits per heavy atom. The van der Waals surface area contributed by atoms with E-state index in [0.29, 0.717) is 16.8 Å². The molecule has 18 heavy (non-hydrogen) atoms. The van der Waals surface area contributed by atoms with Gasteiger partial charge in [-0.05, 0) is 26.3 Å². The Kier molecular flexibility index (Phi) is 4.59. The minimum atomic E-state index is -0.459. The first-order valence-corrected chi connectivity index (χ1v) is 5.69. The highest BCUT2D eigenvalue weighted by molar-refractivity contribution is 6.03. The van der Waals surface area contributed by atoms with Gasteiger partial charge in [-0.25, -0.2) is 0 Å². The van der Waals surface area contributed by atoms with E-state index in [4.69, 9.17) is 0 Å². The molecule has 0 fully saturated rings. The van der Waals surface area contributed by atoms with Crippen molar-refractivity contribution in [1.82, 2.24) is 0 Å². The Balaban J connectivity index is 2.99. The lowest BCUT2D eigenvalue weighted by Crippen LogP contribution is -2.13. The summed E-state index contributed by atoms with van der Waals surface area (Å²) in [5, 5.41) is 13.5. The Bertz CT molecular complexity index is 507. The van der Waals surface area contributed by atoms with Crippen molar-refractivity contribution in [3.8, 4) is 0 Å². The van der Waals surface area contributed by atoms with E-state index >= 15 is 0 Å². The average Bonchev–Trinajstić information content (AvgIpc) is 2.31. The van der Waals surface area contributed by atoms with Gasteiger partial charge >= 0.3 is 0 Å². The first-order chi connectivity index (χ1) is 8.47. The molecule has 0 unspecified atom stereocenters. The van der Waals surface area contributed by atoms with Gasteiger partial charge in [0.1, 0.15) is 0 Å². The van der Waals surface area contributed by atoms with Gasteiger partial charge in [0, 0.05) is 11.6 Å². The van der Waals surface area contributed by atoms with E-state index in [2.05, 4.69) is 5.32 Å². The fourth-order valence-corrected chi connectivity index (χ4v) is 1.58. The minimum absolute atomic E-state index is 0.00456. The van der Waals surface area contributed by atoms with Crippen LogP contribution in [0.4, 0.5) is 11.4 Å². The third-order valence-corrected chi connectivity index (χ3v) is 2.62. The van der Waals surface area contributed by atoms with Gasteiger partial charge in [-0.15, -0.1) is 0 Å². The maximum atomic E-state index is 11.8. The Morgan fingerprint density at radius 2 is 2.17 bits per heavy atom. The zero-order valence-electron chi connectivity index (χ0n) is 10.7. The van der Waals surface area contributed by atoms with Crippen LogP contribution in [0.1, 0.15) is 25.8 Å². The van der Waals surface area contributed by atoms with Crippen molar-refractivity contribution < 1.29 is 9.72 Å². The second-order valence-corrected chi connectivity index (χ2v) is 3.96. The van der Waals surface area contributed by atoms with Crippen molar-refractivity contribution in [3.63, 3.8) is 0 Å². The van der Waals surface area contributed by atoms with E-state index in [1.165, 1.54) is 6.07 Å².